The number of piperidine rings is 1. The number of hydrogen-bond donors (Lipinski definition) is 0. The van der Waals surface area contributed by atoms with Crippen molar-refractivity contribution in [1.29, 1.82) is 0 Å². The van der Waals surface area contributed by atoms with E-state index in [0.29, 0.717) is 0 Å². The fourth-order valence-electron chi connectivity index (χ4n) is 4.46. The van der Waals surface area contributed by atoms with Gasteiger partial charge in [-0.3, -0.25) is 4.81 Å². The van der Waals surface area contributed by atoms with E-state index < -0.39 is 8.53 Å². The van der Waals surface area contributed by atoms with E-state index in [2.05, 4.69) is 57.9 Å². The highest BCUT2D eigenvalue weighted by atomic mass is 31.2. The predicted molar refractivity (Wildman–Crippen MR) is 113 cm³/mol. The van der Waals surface area contributed by atoms with Crippen LogP contribution in [0.25, 0.3) is 0 Å². The summed E-state index contributed by atoms with van der Waals surface area (Å²) in [5.74, 6) is 1.62. The van der Waals surface area contributed by atoms with Gasteiger partial charge in [0.15, 0.2) is 11.5 Å². The molecule has 5 nitrogen and oxygen atoms in total. The van der Waals surface area contributed by atoms with E-state index in [9.17, 15) is 0 Å². The molecule has 0 saturated carbocycles. The molecule has 1 saturated heterocycles. The topological polar surface area (TPSA) is 34.2 Å². The van der Waals surface area contributed by atoms with Crippen LogP contribution in [0.15, 0.2) is 24.3 Å². The van der Waals surface area contributed by atoms with Gasteiger partial charge in [0.2, 0.25) is 0 Å². The molecule has 0 N–H and O–H groups in total. The van der Waals surface area contributed by atoms with Gasteiger partial charge < -0.3 is 13.7 Å². The van der Waals surface area contributed by atoms with E-state index in [0.717, 1.165) is 24.3 Å². The minimum absolute atomic E-state index is 0.0217. The first-order chi connectivity index (χ1) is 12.5. The largest absolute Gasteiger partial charge is 0.489 e. The summed E-state index contributed by atoms with van der Waals surface area (Å²) in [5.41, 5.74) is -0.153. The monoisotopic (exact) mass is 392 g/mol. The Bertz CT molecular complexity index is 636. The first kappa shape index (κ1) is 20.9. The summed E-state index contributed by atoms with van der Waals surface area (Å²) in [6.45, 7) is 15.9. The highest BCUT2D eigenvalue weighted by Crippen LogP contribution is 2.57. The van der Waals surface area contributed by atoms with Gasteiger partial charge in [0, 0.05) is 23.7 Å². The lowest BCUT2D eigenvalue weighted by Crippen LogP contribution is -2.71. The molecule has 0 aliphatic carbocycles. The molecule has 3 rings (SSSR count). The molecule has 0 unspecified atom stereocenters. The zero-order chi connectivity index (χ0) is 20.0. The Morgan fingerprint density at radius 2 is 1.52 bits per heavy atom. The molecule has 0 atom stereocenters. The Morgan fingerprint density at radius 1 is 1.04 bits per heavy atom. The summed E-state index contributed by atoms with van der Waals surface area (Å²) >= 11 is 0. The van der Waals surface area contributed by atoms with Crippen LogP contribution < -0.4 is 9.05 Å². The van der Waals surface area contributed by atoms with Crippen LogP contribution in [0, 0.1) is 0 Å². The van der Waals surface area contributed by atoms with Crippen LogP contribution in [0.3, 0.4) is 0 Å². The first-order valence-electron chi connectivity index (χ1n) is 9.84. The van der Waals surface area contributed by atoms with Crippen molar-refractivity contribution >= 4 is 15.7 Å². The molecule has 1 aromatic rings. The number of benzene rings is 1. The van der Waals surface area contributed by atoms with Gasteiger partial charge in [0.25, 0.3) is 0 Å². The highest BCUT2D eigenvalue weighted by molar-refractivity contribution is 7.47. The second kappa shape index (κ2) is 7.22. The van der Waals surface area contributed by atoms with E-state index in [4.69, 9.17) is 13.7 Å². The Kier molecular flexibility index (Phi) is 5.59. The maximum Gasteiger partial charge on any atom is 0.489 e. The van der Waals surface area contributed by atoms with Crippen molar-refractivity contribution in [2.45, 2.75) is 84.3 Å². The third kappa shape index (κ3) is 4.00. The van der Waals surface area contributed by atoms with Crippen molar-refractivity contribution in [2.75, 3.05) is 7.11 Å². The molecule has 1 fully saturated rings. The van der Waals surface area contributed by atoms with Crippen molar-refractivity contribution in [3.63, 3.8) is 0 Å². The van der Waals surface area contributed by atoms with E-state index in [1.807, 2.05) is 24.3 Å². The molecule has 150 valence electrons. The van der Waals surface area contributed by atoms with Gasteiger partial charge in [-0.1, -0.05) is 12.1 Å². The van der Waals surface area contributed by atoms with Crippen LogP contribution in [-0.4, -0.2) is 40.3 Å². The lowest BCUT2D eigenvalue weighted by molar-refractivity contribution is 0.0175. The van der Waals surface area contributed by atoms with Crippen molar-refractivity contribution < 1.29 is 13.7 Å². The summed E-state index contributed by atoms with van der Waals surface area (Å²) in [4.78, 5) is 2.52. The van der Waals surface area contributed by atoms with Crippen molar-refractivity contribution in [2.24, 2.45) is 0 Å². The zero-order valence-electron chi connectivity index (χ0n) is 18.1. The van der Waals surface area contributed by atoms with Crippen molar-refractivity contribution in [1.82, 2.24) is 9.39 Å². The summed E-state index contributed by atoms with van der Waals surface area (Å²) in [7, 11) is 0.245. The van der Waals surface area contributed by atoms with Crippen molar-refractivity contribution in [3.05, 3.63) is 24.3 Å². The fourth-order valence-corrected chi connectivity index (χ4v) is 6.16. The maximum atomic E-state index is 6.27. The minimum Gasteiger partial charge on any atom is -0.424 e. The molecule has 2 aliphatic rings. The number of rotatable bonds is 4. The SMILES string of the molecule is COB(N(P1Oc2ccccc2O1)C(C)(C)C)N1C(C)(C)CCCC1(C)C. The minimum atomic E-state index is -1.31. The lowest BCUT2D eigenvalue weighted by atomic mass is 9.71. The van der Waals surface area contributed by atoms with Crippen LogP contribution in [0.2, 0.25) is 0 Å². The second-order valence-corrected chi connectivity index (χ2v) is 11.1. The Balaban J connectivity index is 1.98. The standard InChI is InChI=1S/C20H34BN2O3P/c1-18(2,3)23(27-25-16-12-9-10-13-17(16)26-27)21(24-8)22-19(4,5)14-11-15-20(22,6)7/h9-10,12-13H,11,14-15H2,1-8H3. The lowest BCUT2D eigenvalue weighted by Gasteiger charge is -2.57. The third-order valence-corrected chi connectivity index (χ3v) is 7.44. The van der Waals surface area contributed by atoms with Gasteiger partial charge >= 0.3 is 15.7 Å². The summed E-state index contributed by atoms with van der Waals surface area (Å²) in [5, 5.41) is 0. The molecule has 0 bridgehead atoms. The maximum absolute atomic E-state index is 6.27. The molecule has 0 radical (unpaired) electrons. The highest BCUT2D eigenvalue weighted by Gasteiger charge is 2.56. The van der Waals surface area contributed by atoms with Gasteiger partial charge in [-0.05, 0) is 79.9 Å². The number of nitrogens with zero attached hydrogens (tertiary/aromatic N) is 2. The van der Waals surface area contributed by atoms with Gasteiger partial charge in [-0.15, -0.1) is 0 Å². The van der Waals surface area contributed by atoms with Crippen LogP contribution in [0.4, 0.5) is 0 Å². The summed E-state index contributed by atoms with van der Waals surface area (Å²) < 4.78 is 21.0. The Morgan fingerprint density at radius 3 is 1.93 bits per heavy atom. The molecule has 27 heavy (non-hydrogen) atoms. The Labute approximate surface area is 166 Å². The van der Waals surface area contributed by atoms with E-state index in [-0.39, 0.29) is 23.8 Å². The predicted octanol–water partition coefficient (Wildman–Crippen LogP) is 5.46. The van der Waals surface area contributed by atoms with Gasteiger partial charge in [0.05, 0.1) is 0 Å². The first-order valence-corrected chi connectivity index (χ1v) is 11.0. The molecule has 7 heteroatoms. The second-order valence-electron chi connectivity index (χ2n) is 9.79. The molecule has 2 heterocycles. The molecular formula is C20H34BN2O3P. The van der Waals surface area contributed by atoms with Crippen molar-refractivity contribution in [3.8, 4) is 11.5 Å². The quantitative estimate of drug-likeness (QED) is 0.502. The van der Waals surface area contributed by atoms with Crippen LogP contribution >= 0.6 is 8.53 Å². The summed E-state index contributed by atoms with van der Waals surface area (Å²) in [6.07, 6.45) is 3.53. The normalized spacial score (nSPS) is 22.3. The van der Waals surface area contributed by atoms with Gasteiger partial charge in [-0.2, -0.15) is 0 Å². The smallest absolute Gasteiger partial charge is 0.424 e. The zero-order valence-corrected chi connectivity index (χ0v) is 19.0. The fraction of sp³-hybridized carbons (Fsp3) is 0.700. The third-order valence-electron chi connectivity index (χ3n) is 5.59. The van der Waals surface area contributed by atoms with Gasteiger partial charge in [-0.25, -0.2) is 4.58 Å². The van der Waals surface area contributed by atoms with E-state index in [1.54, 1.807) is 7.11 Å². The Hall–Kier alpha value is -0.805. The molecule has 0 amide bonds. The molecular weight excluding hydrogens is 358 g/mol. The number of para-hydroxylation sites is 2. The molecule has 2 aliphatic heterocycles. The average Bonchev–Trinajstić information content (AvgIpc) is 2.94. The molecule has 0 aromatic heterocycles. The summed E-state index contributed by atoms with van der Waals surface area (Å²) in [6, 6.07) is 7.89. The number of fused-ring (bicyclic) bond motifs is 1. The van der Waals surface area contributed by atoms with Gasteiger partial charge in [0.1, 0.15) is 0 Å². The van der Waals surface area contributed by atoms with Crippen LogP contribution in [0.5, 0.6) is 11.5 Å². The van der Waals surface area contributed by atoms with E-state index in [1.165, 1.54) is 6.42 Å². The molecule has 0 spiro atoms. The van der Waals surface area contributed by atoms with Crippen LogP contribution in [0.1, 0.15) is 67.7 Å². The molecule has 1 aromatic carbocycles. The average molecular weight is 392 g/mol. The van der Waals surface area contributed by atoms with Crippen LogP contribution in [-0.2, 0) is 4.65 Å². The van der Waals surface area contributed by atoms with E-state index >= 15 is 0 Å². The number of hydrogen-bond acceptors (Lipinski definition) is 5.